The Balaban J connectivity index is 0.999. The largest absolute Gasteiger partial charge is 0.309 e. The molecule has 0 atom stereocenters. The minimum absolute atomic E-state index is 1.17. The molecule has 0 fully saturated rings. The summed E-state index contributed by atoms with van der Waals surface area (Å²) in [4.78, 5) is 0. The van der Waals surface area contributed by atoms with Crippen LogP contribution in [0.15, 0.2) is 224 Å². The quantitative estimate of drug-likeness (QED) is 0.155. The Kier molecular flexibility index (Phi) is 7.61. The molecule has 0 N–H and O–H groups in total. The van der Waals surface area contributed by atoms with Crippen molar-refractivity contribution in [3.05, 3.63) is 224 Å². The van der Waals surface area contributed by atoms with Crippen molar-refractivity contribution in [3.63, 3.8) is 0 Å². The highest BCUT2D eigenvalue weighted by molar-refractivity contribution is 6.23. The van der Waals surface area contributed by atoms with Crippen LogP contribution in [0.1, 0.15) is 0 Å². The van der Waals surface area contributed by atoms with Gasteiger partial charge in [0.05, 0.1) is 11.0 Å². The van der Waals surface area contributed by atoms with Gasteiger partial charge in [-0.05, 0) is 113 Å². The summed E-state index contributed by atoms with van der Waals surface area (Å²) in [6.45, 7) is 0. The van der Waals surface area contributed by atoms with Gasteiger partial charge < -0.3 is 4.57 Å². The first-order valence-electron chi connectivity index (χ1n) is 20.4. The molecular formula is C58H37N. The van der Waals surface area contributed by atoms with E-state index in [1.54, 1.807) is 0 Å². The number of para-hydroxylation sites is 2. The third-order valence-electron chi connectivity index (χ3n) is 12.4. The third-order valence-corrected chi connectivity index (χ3v) is 12.4. The molecule has 12 aromatic rings. The lowest BCUT2D eigenvalue weighted by Crippen LogP contribution is -1.94. The van der Waals surface area contributed by atoms with Gasteiger partial charge in [-0.2, -0.15) is 0 Å². The van der Waals surface area contributed by atoms with Crippen LogP contribution < -0.4 is 0 Å². The molecule has 0 aliphatic heterocycles. The summed E-state index contributed by atoms with van der Waals surface area (Å²) in [5, 5.41) is 12.6. The molecule has 0 radical (unpaired) electrons. The molecule has 0 aliphatic rings. The fraction of sp³-hybridized carbons (Fsp3) is 0. The zero-order valence-electron chi connectivity index (χ0n) is 32.3. The molecule has 0 saturated heterocycles. The molecule has 0 aliphatic carbocycles. The predicted octanol–water partition coefficient (Wildman–Crippen LogP) is 16.1. The molecule has 59 heavy (non-hydrogen) atoms. The number of benzene rings is 11. The molecule has 0 bridgehead atoms. The molecule has 1 heteroatoms. The number of hydrogen-bond acceptors (Lipinski definition) is 0. The molecule has 1 heterocycles. The van der Waals surface area contributed by atoms with Gasteiger partial charge in [-0.25, -0.2) is 0 Å². The molecule has 274 valence electrons. The van der Waals surface area contributed by atoms with E-state index >= 15 is 0 Å². The Morgan fingerprint density at radius 1 is 0.254 bits per heavy atom. The molecule has 0 spiro atoms. The maximum absolute atomic E-state index is 2.43. The van der Waals surface area contributed by atoms with Gasteiger partial charge in [0.15, 0.2) is 0 Å². The molecule has 0 unspecified atom stereocenters. The van der Waals surface area contributed by atoms with Crippen molar-refractivity contribution in [1.82, 2.24) is 4.57 Å². The number of nitrogens with zero attached hydrogens (tertiary/aromatic N) is 1. The topological polar surface area (TPSA) is 4.93 Å². The lowest BCUT2D eigenvalue weighted by molar-refractivity contribution is 1.19. The Morgan fingerprint density at radius 2 is 0.712 bits per heavy atom. The van der Waals surface area contributed by atoms with E-state index in [-0.39, 0.29) is 0 Å². The van der Waals surface area contributed by atoms with Crippen LogP contribution in [0.4, 0.5) is 0 Å². The Labute approximate surface area is 342 Å². The second kappa shape index (κ2) is 13.4. The fourth-order valence-corrected chi connectivity index (χ4v) is 9.67. The van der Waals surface area contributed by atoms with Crippen LogP contribution in [0.2, 0.25) is 0 Å². The average molecular weight is 748 g/mol. The maximum Gasteiger partial charge on any atom is 0.0619 e. The van der Waals surface area contributed by atoms with E-state index in [4.69, 9.17) is 0 Å². The highest BCUT2D eigenvalue weighted by atomic mass is 15.0. The van der Waals surface area contributed by atoms with E-state index in [1.165, 1.54) is 115 Å². The van der Waals surface area contributed by atoms with Crippen LogP contribution in [0.25, 0.3) is 115 Å². The van der Waals surface area contributed by atoms with Crippen molar-refractivity contribution in [1.29, 1.82) is 0 Å². The standard InChI is InChI=1S/C58H37N/c1-2-16-45(17-3-1)59-55-25-13-12-19-47(55)54-37-53(46-18-6-11-24-52(46)58(54)59)40-29-33-42(34-30-40)57-50-22-9-7-20-48(50)56(49-21-8-10-23-51(49)57)41-31-26-39(27-32-41)44-35-28-38-14-4-5-15-43(38)36-44/h1-37H. The number of aromatic nitrogens is 1. The lowest BCUT2D eigenvalue weighted by Gasteiger charge is -2.18. The lowest BCUT2D eigenvalue weighted by atomic mass is 9.85. The minimum atomic E-state index is 1.17. The monoisotopic (exact) mass is 747 g/mol. The zero-order valence-corrected chi connectivity index (χ0v) is 32.3. The zero-order chi connectivity index (χ0) is 38.9. The van der Waals surface area contributed by atoms with E-state index in [9.17, 15) is 0 Å². The van der Waals surface area contributed by atoms with Crippen LogP contribution in [0.5, 0.6) is 0 Å². The van der Waals surface area contributed by atoms with Crippen molar-refractivity contribution in [2.75, 3.05) is 0 Å². The van der Waals surface area contributed by atoms with Gasteiger partial charge in [0.2, 0.25) is 0 Å². The van der Waals surface area contributed by atoms with Crippen LogP contribution in [-0.2, 0) is 0 Å². The second-order valence-corrected chi connectivity index (χ2v) is 15.6. The van der Waals surface area contributed by atoms with Crippen molar-refractivity contribution in [2.45, 2.75) is 0 Å². The van der Waals surface area contributed by atoms with Gasteiger partial charge in [0, 0.05) is 21.8 Å². The van der Waals surface area contributed by atoms with Gasteiger partial charge >= 0.3 is 0 Å². The van der Waals surface area contributed by atoms with E-state index in [0.29, 0.717) is 0 Å². The summed E-state index contributed by atoms with van der Waals surface area (Å²) >= 11 is 0. The molecule has 1 nitrogen and oxygen atoms in total. The average Bonchev–Trinajstić information content (AvgIpc) is 3.65. The molecule has 0 saturated carbocycles. The van der Waals surface area contributed by atoms with Crippen molar-refractivity contribution in [2.24, 2.45) is 0 Å². The fourth-order valence-electron chi connectivity index (χ4n) is 9.67. The second-order valence-electron chi connectivity index (χ2n) is 15.6. The van der Waals surface area contributed by atoms with Gasteiger partial charge in [-0.1, -0.05) is 194 Å². The van der Waals surface area contributed by atoms with Crippen molar-refractivity contribution < 1.29 is 0 Å². The number of fused-ring (bicyclic) bond motifs is 8. The number of hydrogen-bond donors (Lipinski definition) is 0. The first-order chi connectivity index (χ1) is 29.3. The molecular weight excluding hydrogens is 711 g/mol. The van der Waals surface area contributed by atoms with Crippen molar-refractivity contribution in [3.8, 4) is 50.2 Å². The van der Waals surface area contributed by atoms with Gasteiger partial charge in [-0.15, -0.1) is 0 Å². The minimum Gasteiger partial charge on any atom is -0.309 e. The number of rotatable bonds is 5. The van der Waals surface area contributed by atoms with Gasteiger partial charge in [0.1, 0.15) is 0 Å². The van der Waals surface area contributed by atoms with Crippen LogP contribution in [0.3, 0.4) is 0 Å². The molecule has 1 aromatic heterocycles. The van der Waals surface area contributed by atoms with Crippen LogP contribution >= 0.6 is 0 Å². The highest BCUT2D eigenvalue weighted by Gasteiger charge is 2.20. The summed E-state index contributed by atoms with van der Waals surface area (Å²) < 4.78 is 2.43. The summed E-state index contributed by atoms with van der Waals surface area (Å²) in [6, 6.07) is 82.5. The van der Waals surface area contributed by atoms with E-state index in [0.717, 1.165) is 0 Å². The highest BCUT2D eigenvalue weighted by Crippen LogP contribution is 2.46. The smallest absolute Gasteiger partial charge is 0.0619 e. The van der Waals surface area contributed by atoms with Crippen molar-refractivity contribution >= 4 is 64.9 Å². The predicted molar refractivity (Wildman–Crippen MR) is 253 cm³/mol. The van der Waals surface area contributed by atoms with E-state index < -0.39 is 0 Å². The Hall–Kier alpha value is -7.74. The van der Waals surface area contributed by atoms with E-state index in [2.05, 4.69) is 229 Å². The first-order valence-corrected chi connectivity index (χ1v) is 20.4. The van der Waals surface area contributed by atoms with Gasteiger partial charge in [0.25, 0.3) is 0 Å². The van der Waals surface area contributed by atoms with E-state index in [1.807, 2.05) is 0 Å². The van der Waals surface area contributed by atoms with Crippen LogP contribution in [-0.4, -0.2) is 4.57 Å². The third kappa shape index (κ3) is 5.33. The SMILES string of the molecule is c1ccc(-n2c3ccccc3c3cc(-c4ccc(-c5c6ccccc6c(-c6ccc(-c7ccc8ccccc8c7)cc6)c6ccccc56)cc4)c4ccccc4c32)cc1. The Bertz CT molecular complexity index is 3520. The normalized spacial score (nSPS) is 11.7. The summed E-state index contributed by atoms with van der Waals surface area (Å²) in [6.07, 6.45) is 0. The first kappa shape index (κ1) is 33.4. The molecule has 11 aromatic carbocycles. The summed E-state index contributed by atoms with van der Waals surface area (Å²) in [7, 11) is 0. The molecule has 0 amide bonds. The Morgan fingerprint density at radius 3 is 1.34 bits per heavy atom. The summed E-state index contributed by atoms with van der Waals surface area (Å²) in [5.41, 5.74) is 13.5. The summed E-state index contributed by atoms with van der Waals surface area (Å²) in [5.74, 6) is 0. The van der Waals surface area contributed by atoms with Crippen LogP contribution in [0, 0.1) is 0 Å². The van der Waals surface area contributed by atoms with Gasteiger partial charge in [-0.3, -0.25) is 0 Å². The molecule has 12 rings (SSSR count). The maximum atomic E-state index is 2.43.